The second-order valence-corrected chi connectivity index (χ2v) is 8.01. The van der Waals surface area contributed by atoms with Crippen molar-refractivity contribution in [1.29, 1.82) is 0 Å². The van der Waals surface area contributed by atoms with E-state index in [1.807, 2.05) is 0 Å². The Hall–Kier alpha value is -2.55. The van der Waals surface area contributed by atoms with Crippen molar-refractivity contribution < 1.29 is 31.4 Å². The zero-order valence-corrected chi connectivity index (χ0v) is 14.9. The molecule has 0 aliphatic carbocycles. The molecular formula is C17H17F2NO5S. The van der Waals surface area contributed by atoms with Gasteiger partial charge in [0, 0.05) is 18.4 Å². The summed E-state index contributed by atoms with van der Waals surface area (Å²) in [5.41, 5.74) is 1.59. The predicted molar refractivity (Wildman–Crippen MR) is 91.5 cm³/mol. The number of rotatable bonds is 6. The van der Waals surface area contributed by atoms with Crippen molar-refractivity contribution in [1.82, 2.24) is 0 Å². The molecule has 3 rings (SSSR count). The Kier molecular flexibility index (Phi) is 4.66. The van der Waals surface area contributed by atoms with Crippen molar-refractivity contribution >= 4 is 15.5 Å². The molecule has 0 unspecified atom stereocenters. The molecule has 140 valence electrons. The fraction of sp³-hybridized carbons (Fsp3) is 0.294. The van der Waals surface area contributed by atoms with Crippen LogP contribution in [0, 0.1) is 0 Å². The highest BCUT2D eigenvalue weighted by Crippen LogP contribution is 2.43. The number of hydrogen-bond acceptors (Lipinski definition) is 6. The number of fused-ring (bicyclic) bond motifs is 1. The molecule has 0 amide bonds. The minimum absolute atomic E-state index is 0.0312. The van der Waals surface area contributed by atoms with Crippen LogP contribution in [0.5, 0.6) is 17.2 Å². The Bertz CT molecular complexity index is 931. The quantitative estimate of drug-likeness (QED) is 0.823. The van der Waals surface area contributed by atoms with Crippen molar-refractivity contribution in [3.63, 3.8) is 0 Å². The highest BCUT2D eigenvalue weighted by Gasteiger charge is 2.44. The van der Waals surface area contributed by atoms with Crippen LogP contribution in [0.15, 0.2) is 36.4 Å². The van der Waals surface area contributed by atoms with E-state index < -0.39 is 16.1 Å². The number of hydrogen-bond donors (Lipinski definition) is 1. The van der Waals surface area contributed by atoms with Gasteiger partial charge in [0.2, 0.25) is 0 Å². The zero-order valence-electron chi connectivity index (χ0n) is 14.1. The molecule has 1 aliphatic rings. The van der Waals surface area contributed by atoms with Crippen LogP contribution in [0.1, 0.15) is 11.1 Å². The number of benzene rings is 2. The first kappa shape index (κ1) is 18.2. The van der Waals surface area contributed by atoms with E-state index in [0.717, 1.165) is 6.26 Å². The molecule has 0 fully saturated rings. The number of nitrogens with one attached hydrogen (secondary N) is 1. The molecule has 0 spiro atoms. The lowest BCUT2D eigenvalue weighted by Crippen LogP contribution is -2.26. The van der Waals surface area contributed by atoms with Gasteiger partial charge in [-0.2, -0.15) is 0 Å². The van der Waals surface area contributed by atoms with E-state index in [9.17, 15) is 17.2 Å². The van der Waals surface area contributed by atoms with E-state index in [0.29, 0.717) is 22.6 Å². The summed E-state index contributed by atoms with van der Waals surface area (Å²) in [6.45, 7) is 0.154. The molecule has 0 saturated carbocycles. The molecule has 6 nitrogen and oxygen atoms in total. The number of sulfone groups is 1. The maximum Gasteiger partial charge on any atom is 0.586 e. The third-order valence-corrected chi connectivity index (χ3v) is 4.53. The first-order valence-electron chi connectivity index (χ1n) is 7.63. The summed E-state index contributed by atoms with van der Waals surface area (Å²) < 4.78 is 63.7. The lowest BCUT2D eigenvalue weighted by atomic mass is 10.1. The van der Waals surface area contributed by atoms with Crippen LogP contribution in [-0.2, 0) is 22.1 Å². The number of alkyl halides is 2. The van der Waals surface area contributed by atoms with Crippen LogP contribution >= 0.6 is 0 Å². The minimum atomic E-state index is -3.69. The fourth-order valence-corrected chi connectivity index (χ4v) is 3.43. The van der Waals surface area contributed by atoms with E-state index in [2.05, 4.69) is 14.8 Å². The fourth-order valence-electron chi connectivity index (χ4n) is 2.64. The van der Waals surface area contributed by atoms with Crippen LogP contribution < -0.4 is 19.5 Å². The van der Waals surface area contributed by atoms with Crippen LogP contribution in [-0.4, -0.2) is 28.1 Å². The van der Waals surface area contributed by atoms with Crippen molar-refractivity contribution in [2.45, 2.75) is 18.6 Å². The normalized spacial score (nSPS) is 14.9. The molecular weight excluding hydrogens is 368 g/mol. The van der Waals surface area contributed by atoms with Gasteiger partial charge in [-0.3, -0.25) is 0 Å². The van der Waals surface area contributed by atoms with Gasteiger partial charge in [0.05, 0.1) is 18.6 Å². The Morgan fingerprint density at radius 3 is 2.65 bits per heavy atom. The largest absolute Gasteiger partial charge is 0.586 e. The molecule has 0 saturated heterocycles. The summed E-state index contributed by atoms with van der Waals surface area (Å²) in [5.74, 6) is 0.316. The molecule has 9 heteroatoms. The Morgan fingerprint density at radius 1 is 1.19 bits per heavy atom. The summed E-state index contributed by atoms with van der Waals surface area (Å²) in [5, 5.41) is 3.06. The first-order chi connectivity index (χ1) is 12.2. The van der Waals surface area contributed by atoms with Crippen molar-refractivity contribution in [2.75, 3.05) is 18.7 Å². The Morgan fingerprint density at radius 2 is 1.96 bits per heavy atom. The highest BCUT2D eigenvalue weighted by molar-refractivity contribution is 7.89. The molecule has 2 aromatic carbocycles. The second kappa shape index (κ2) is 6.64. The van der Waals surface area contributed by atoms with Crippen molar-refractivity contribution in [2.24, 2.45) is 0 Å². The van der Waals surface area contributed by atoms with Gasteiger partial charge in [-0.1, -0.05) is 18.2 Å². The molecule has 26 heavy (non-hydrogen) atoms. The van der Waals surface area contributed by atoms with Crippen LogP contribution in [0.3, 0.4) is 0 Å². The van der Waals surface area contributed by atoms with Gasteiger partial charge in [-0.05, 0) is 23.8 Å². The van der Waals surface area contributed by atoms with Crippen molar-refractivity contribution in [3.8, 4) is 17.2 Å². The summed E-state index contributed by atoms with van der Waals surface area (Å²) >= 11 is 0. The van der Waals surface area contributed by atoms with Gasteiger partial charge in [0.15, 0.2) is 21.3 Å². The number of halogens is 2. The number of para-hydroxylation sites is 1. The van der Waals surface area contributed by atoms with Gasteiger partial charge in [-0.25, -0.2) is 8.42 Å². The minimum Gasteiger partial charge on any atom is -0.495 e. The van der Waals surface area contributed by atoms with Gasteiger partial charge >= 0.3 is 6.29 Å². The lowest BCUT2D eigenvalue weighted by Gasteiger charge is -2.14. The monoisotopic (exact) mass is 385 g/mol. The van der Waals surface area contributed by atoms with Gasteiger partial charge in [0.1, 0.15) is 5.75 Å². The lowest BCUT2D eigenvalue weighted by molar-refractivity contribution is -0.286. The molecule has 1 heterocycles. The van der Waals surface area contributed by atoms with E-state index in [1.54, 1.807) is 30.3 Å². The van der Waals surface area contributed by atoms with Gasteiger partial charge in [0.25, 0.3) is 0 Å². The van der Waals surface area contributed by atoms with E-state index in [4.69, 9.17) is 4.74 Å². The molecule has 2 aromatic rings. The van der Waals surface area contributed by atoms with E-state index in [1.165, 1.54) is 13.2 Å². The Balaban J connectivity index is 1.82. The smallest absolute Gasteiger partial charge is 0.495 e. The molecule has 0 bridgehead atoms. The maximum absolute atomic E-state index is 13.3. The standard InChI is InChI=1S/C17H17F2NO5S/c1-23-14-7-6-11(10-26(2,21)22)8-13(14)20-9-12-4-3-5-15-16(12)25-17(18,19)24-15/h3-8,20H,9-10H2,1-2H3. The Labute approximate surface area is 149 Å². The van der Waals surface area contributed by atoms with Gasteiger partial charge in [-0.15, -0.1) is 8.78 Å². The summed E-state index contributed by atoms with van der Waals surface area (Å²) in [7, 11) is -1.71. The first-order valence-corrected chi connectivity index (χ1v) is 9.69. The number of anilines is 1. The van der Waals surface area contributed by atoms with E-state index >= 15 is 0 Å². The number of ether oxygens (including phenoxy) is 3. The molecule has 1 N–H and O–H groups in total. The zero-order chi connectivity index (χ0) is 18.9. The molecule has 0 aromatic heterocycles. The van der Waals surface area contributed by atoms with Crippen LogP contribution in [0.4, 0.5) is 14.5 Å². The topological polar surface area (TPSA) is 73.9 Å². The summed E-state index contributed by atoms with van der Waals surface area (Å²) in [4.78, 5) is 0. The molecule has 0 atom stereocenters. The highest BCUT2D eigenvalue weighted by atomic mass is 32.2. The third kappa shape index (κ3) is 4.16. The third-order valence-electron chi connectivity index (χ3n) is 3.67. The van der Waals surface area contributed by atoms with Crippen molar-refractivity contribution in [3.05, 3.63) is 47.5 Å². The summed E-state index contributed by atoms with van der Waals surface area (Å²) in [6, 6.07) is 9.55. The maximum atomic E-state index is 13.3. The average molecular weight is 385 g/mol. The average Bonchev–Trinajstić information content (AvgIpc) is 2.86. The van der Waals surface area contributed by atoms with Crippen LogP contribution in [0.2, 0.25) is 0 Å². The predicted octanol–water partition coefficient (Wildman–Crippen LogP) is 3.17. The van der Waals surface area contributed by atoms with Crippen LogP contribution in [0.25, 0.3) is 0 Å². The SMILES string of the molecule is COc1ccc(CS(C)(=O)=O)cc1NCc1cccc2c1OC(F)(F)O2. The molecule has 1 aliphatic heterocycles. The number of methoxy groups -OCH3 is 1. The van der Waals surface area contributed by atoms with Gasteiger partial charge < -0.3 is 19.5 Å². The molecule has 0 radical (unpaired) electrons. The second-order valence-electron chi connectivity index (χ2n) is 5.87. The summed E-state index contributed by atoms with van der Waals surface area (Å²) in [6.07, 6.45) is -2.54. The van der Waals surface area contributed by atoms with E-state index in [-0.39, 0.29) is 23.8 Å².